The largest absolute Gasteiger partial charge is 0.481 e. The topological polar surface area (TPSA) is 119 Å². The van der Waals surface area contributed by atoms with Crippen LogP contribution < -0.4 is 5.32 Å². The molecule has 0 amide bonds. The summed E-state index contributed by atoms with van der Waals surface area (Å²) in [7, 11) is 0. The second-order valence-electron chi connectivity index (χ2n) is 8.81. The SMILES string of the molecule is O=C(O)C1CCCCC1CNc1nc(-c2cc(-c3ccon3)n(Cc3ccccc3F)n2)ncc1F. The first-order valence-electron chi connectivity index (χ1n) is 11.7. The van der Waals surface area contributed by atoms with Gasteiger partial charge >= 0.3 is 5.97 Å². The third-order valence-corrected chi connectivity index (χ3v) is 6.49. The molecular weight excluding hydrogens is 470 g/mol. The Morgan fingerprint density at radius 2 is 1.97 bits per heavy atom. The first-order chi connectivity index (χ1) is 17.5. The summed E-state index contributed by atoms with van der Waals surface area (Å²) in [4.78, 5) is 20.0. The van der Waals surface area contributed by atoms with Gasteiger partial charge in [-0.2, -0.15) is 5.10 Å². The second-order valence-corrected chi connectivity index (χ2v) is 8.81. The van der Waals surface area contributed by atoms with Crippen molar-refractivity contribution < 1.29 is 23.2 Å². The predicted molar refractivity (Wildman–Crippen MR) is 126 cm³/mol. The number of halogens is 2. The highest BCUT2D eigenvalue weighted by Gasteiger charge is 2.30. The zero-order chi connectivity index (χ0) is 25.1. The van der Waals surface area contributed by atoms with Crippen molar-refractivity contribution in [2.24, 2.45) is 11.8 Å². The number of nitrogens with one attached hydrogen (secondary N) is 1. The van der Waals surface area contributed by atoms with Gasteiger partial charge < -0.3 is 14.9 Å². The molecule has 36 heavy (non-hydrogen) atoms. The number of hydrogen-bond acceptors (Lipinski definition) is 7. The number of hydrogen-bond donors (Lipinski definition) is 2. The number of carbonyl (C=O) groups is 1. The molecule has 3 aromatic heterocycles. The summed E-state index contributed by atoms with van der Waals surface area (Å²) < 4.78 is 35.4. The third kappa shape index (κ3) is 4.95. The van der Waals surface area contributed by atoms with Gasteiger partial charge in [0.1, 0.15) is 23.5 Å². The van der Waals surface area contributed by atoms with Gasteiger partial charge in [-0.25, -0.2) is 18.7 Å². The number of nitrogens with zero attached hydrogens (tertiary/aromatic N) is 5. The molecule has 0 aliphatic heterocycles. The van der Waals surface area contributed by atoms with Crippen LogP contribution in [0.4, 0.5) is 14.6 Å². The normalized spacial score (nSPS) is 17.7. The lowest BCUT2D eigenvalue weighted by molar-refractivity contribution is -0.144. The van der Waals surface area contributed by atoms with Crippen molar-refractivity contribution in [2.45, 2.75) is 32.2 Å². The van der Waals surface area contributed by atoms with Crippen LogP contribution in [0.2, 0.25) is 0 Å². The fourth-order valence-electron chi connectivity index (χ4n) is 4.60. The lowest BCUT2D eigenvalue weighted by atomic mass is 9.79. The quantitative estimate of drug-likeness (QED) is 0.364. The molecule has 2 atom stereocenters. The molecule has 0 saturated heterocycles. The highest BCUT2D eigenvalue weighted by atomic mass is 19.1. The van der Waals surface area contributed by atoms with Crippen molar-refractivity contribution in [3.05, 3.63) is 66.1 Å². The van der Waals surface area contributed by atoms with Crippen molar-refractivity contribution in [1.82, 2.24) is 24.9 Å². The molecule has 9 nitrogen and oxygen atoms in total. The maximum atomic E-state index is 14.5. The highest BCUT2D eigenvalue weighted by Crippen LogP contribution is 2.31. The first kappa shape index (κ1) is 23.6. The standard InChI is InChI=1S/C25H24F2N6O3/c26-18-8-4-2-6-16(18)14-33-22(20-9-10-36-32-20)11-21(31-33)24-29-13-19(27)23(30-24)28-12-15-5-1-3-7-17(15)25(34)35/h2,4,6,8-11,13,15,17H,1,3,5,7,12,14H2,(H,34,35)(H,28,29,30). The number of benzene rings is 1. The Morgan fingerprint density at radius 3 is 2.75 bits per heavy atom. The van der Waals surface area contributed by atoms with E-state index in [2.05, 4.69) is 25.5 Å². The van der Waals surface area contributed by atoms with Crippen molar-refractivity contribution in [2.75, 3.05) is 11.9 Å². The van der Waals surface area contributed by atoms with E-state index >= 15 is 0 Å². The van der Waals surface area contributed by atoms with Crippen molar-refractivity contribution >= 4 is 11.8 Å². The smallest absolute Gasteiger partial charge is 0.306 e. The molecule has 1 aliphatic carbocycles. The molecule has 186 valence electrons. The van der Waals surface area contributed by atoms with Gasteiger partial charge in [-0.05, 0) is 30.9 Å². The van der Waals surface area contributed by atoms with E-state index in [0.717, 1.165) is 25.5 Å². The molecule has 1 aromatic carbocycles. The van der Waals surface area contributed by atoms with Crippen LogP contribution in [0.3, 0.4) is 0 Å². The van der Waals surface area contributed by atoms with Gasteiger partial charge in [0.2, 0.25) is 0 Å². The monoisotopic (exact) mass is 494 g/mol. The van der Waals surface area contributed by atoms with E-state index < -0.39 is 17.7 Å². The minimum atomic E-state index is -0.828. The molecule has 2 N–H and O–H groups in total. The molecule has 0 spiro atoms. The summed E-state index contributed by atoms with van der Waals surface area (Å²) in [6.07, 6.45) is 5.66. The number of anilines is 1. The van der Waals surface area contributed by atoms with E-state index in [-0.39, 0.29) is 36.5 Å². The Labute approximate surface area is 205 Å². The minimum absolute atomic E-state index is 0.0265. The predicted octanol–water partition coefficient (Wildman–Crippen LogP) is 4.62. The van der Waals surface area contributed by atoms with Crippen LogP contribution >= 0.6 is 0 Å². The van der Waals surface area contributed by atoms with Gasteiger partial charge in [-0.3, -0.25) is 9.48 Å². The molecule has 0 bridgehead atoms. The first-order valence-corrected chi connectivity index (χ1v) is 11.7. The molecule has 1 fully saturated rings. The van der Waals surface area contributed by atoms with E-state index in [4.69, 9.17) is 4.52 Å². The van der Waals surface area contributed by atoms with Crippen molar-refractivity contribution in [3.63, 3.8) is 0 Å². The third-order valence-electron chi connectivity index (χ3n) is 6.49. The lowest BCUT2D eigenvalue weighted by Crippen LogP contribution is -2.32. The fourth-order valence-corrected chi connectivity index (χ4v) is 4.60. The number of aromatic nitrogens is 5. The minimum Gasteiger partial charge on any atom is -0.481 e. The molecular formula is C25H24F2N6O3. The maximum absolute atomic E-state index is 14.5. The van der Waals surface area contributed by atoms with Gasteiger partial charge in [-0.15, -0.1) is 0 Å². The van der Waals surface area contributed by atoms with Crippen LogP contribution in [0.15, 0.2) is 53.4 Å². The zero-order valence-electron chi connectivity index (χ0n) is 19.3. The van der Waals surface area contributed by atoms with Gasteiger partial charge in [0.05, 0.1) is 24.4 Å². The van der Waals surface area contributed by atoms with E-state index in [0.29, 0.717) is 29.1 Å². The molecule has 1 aliphatic rings. The van der Waals surface area contributed by atoms with E-state index in [1.54, 1.807) is 35.0 Å². The molecule has 2 unspecified atom stereocenters. The van der Waals surface area contributed by atoms with Crippen LogP contribution in [0.25, 0.3) is 22.9 Å². The molecule has 3 heterocycles. The van der Waals surface area contributed by atoms with Gasteiger partial charge in [0.25, 0.3) is 0 Å². The second kappa shape index (κ2) is 10.2. The molecule has 4 aromatic rings. The van der Waals surface area contributed by atoms with E-state index in [9.17, 15) is 18.7 Å². The summed E-state index contributed by atoms with van der Waals surface area (Å²) in [5.74, 6) is -2.29. The molecule has 11 heteroatoms. The molecule has 1 saturated carbocycles. The zero-order valence-corrected chi connectivity index (χ0v) is 19.3. The molecule has 0 radical (unpaired) electrons. The summed E-state index contributed by atoms with van der Waals surface area (Å²) >= 11 is 0. The Hall–Kier alpha value is -4.15. The van der Waals surface area contributed by atoms with Gasteiger partial charge in [0, 0.05) is 18.2 Å². The van der Waals surface area contributed by atoms with Crippen molar-refractivity contribution in [1.29, 1.82) is 0 Å². The molecule has 5 rings (SSSR count). The van der Waals surface area contributed by atoms with Crippen LogP contribution in [0.5, 0.6) is 0 Å². The number of aliphatic carboxylic acids is 1. The average Bonchev–Trinajstić information content (AvgIpc) is 3.55. The highest BCUT2D eigenvalue weighted by molar-refractivity contribution is 5.70. The lowest BCUT2D eigenvalue weighted by Gasteiger charge is -2.28. The number of carboxylic acids is 1. The van der Waals surface area contributed by atoms with Crippen molar-refractivity contribution in [3.8, 4) is 22.9 Å². The summed E-state index contributed by atoms with van der Waals surface area (Å²) in [6.45, 7) is 0.412. The Kier molecular flexibility index (Phi) is 6.70. The van der Waals surface area contributed by atoms with E-state index in [1.165, 1.54) is 12.3 Å². The Balaban J connectivity index is 1.43. The summed E-state index contributed by atoms with van der Waals surface area (Å²) in [6, 6.07) is 9.71. The number of carboxylic acid groups (broad SMARTS) is 1. The maximum Gasteiger partial charge on any atom is 0.306 e. The summed E-state index contributed by atoms with van der Waals surface area (Å²) in [5.41, 5.74) is 1.81. The fraction of sp³-hybridized carbons (Fsp3) is 0.320. The van der Waals surface area contributed by atoms with Crippen LogP contribution in [0, 0.1) is 23.5 Å². The Bertz CT molecular complexity index is 1360. The van der Waals surface area contributed by atoms with Gasteiger partial charge in [-0.1, -0.05) is 36.2 Å². The van der Waals surface area contributed by atoms with Crippen LogP contribution in [-0.4, -0.2) is 42.5 Å². The van der Waals surface area contributed by atoms with Gasteiger partial charge in [0.15, 0.2) is 17.5 Å². The van der Waals surface area contributed by atoms with Crippen LogP contribution in [0.1, 0.15) is 31.2 Å². The van der Waals surface area contributed by atoms with E-state index in [1.807, 2.05) is 0 Å². The average molecular weight is 495 g/mol. The van der Waals surface area contributed by atoms with Crippen LogP contribution in [-0.2, 0) is 11.3 Å². The number of rotatable bonds is 8. The Morgan fingerprint density at radius 1 is 1.14 bits per heavy atom. The summed E-state index contributed by atoms with van der Waals surface area (Å²) in [5, 5.41) is 21.0.